The van der Waals surface area contributed by atoms with Gasteiger partial charge in [0, 0.05) is 29.0 Å². The Morgan fingerprint density at radius 2 is 2.25 bits per heavy atom. The summed E-state index contributed by atoms with van der Waals surface area (Å²) in [6, 6.07) is 0.172. The van der Waals surface area contributed by atoms with Gasteiger partial charge in [-0.2, -0.15) is 0 Å². The van der Waals surface area contributed by atoms with Crippen LogP contribution in [0.4, 0.5) is 0 Å². The molecule has 2 atom stereocenters. The van der Waals surface area contributed by atoms with Gasteiger partial charge in [-0.1, -0.05) is 10.2 Å². The highest BCUT2D eigenvalue weighted by Crippen LogP contribution is 2.10. The predicted molar refractivity (Wildman–Crippen MR) is 43.4 cm³/mol. The molecular weight excluding hydrogens is 158 g/mol. The summed E-state index contributed by atoms with van der Waals surface area (Å²) < 4.78 is 0. The molecule has 2 unspecified atom stereocenters. The first-order valence-corrected chi connectivity index (χ1v) is 3.65. The van der Waals surface area contributed by atoms with Crippen LogP contribution in [0, 0.1) is 0 Å². The number of nitrogens with zero attached hydrogens (tertiary/aromatic N) is 6. The van der Waals surface area contributed by atoms with Crippen molar-refractivity contribution >= 4 is 0 Å². The zero-order chi connectivity index (χ0) is 8.81. The van der Waals surface area contributed by atoms with Crippen molar-refractivity contribution in [1.82, 2.24) is 5.32 Å². The van der Waals surface area contributed by atoms with Crippen LogP contribution in [0.5, 0.6) is 0 Å². The van der Waals surface area contributed by atoms with E-state index in [2.05, 4.69) is 25.4 Å². The molecule has 1 aliphatic rings. The standard InChI is InChI=1S/C5H9N7/c6-11-9-3-4-1-5(2-8-4)10-12-7/h4-5,8H,1-3H2. The highest BCUT2D eigenvalue weighted by molar-refractivity contribution is 4.87. The fraction of sp³-hybridized carbons (Fsp3) is 1.00. The van der Waals surface area contributed by atoms with E-state index in [1.54, 1.807) is 0 Å². The Morgan fingerprint density at radius 1 is 1.42 bits per heavy atom. The third-order valence-electron chi connectivity index (χ3n) is 1.78. The van der Waals surface area contributed by atoms with Crippen LogP contribution < -0.4 is 5.32 Å². The van der Waals surface area contributed by atoms with Gasteiger partial charge in [-0.25, -0.2) is 0 Å². The first-order valence-electron chi connectivity index (χ1n) is 3.65. The lowest BCUT2D eigenvalue weighted by Gasteiger charge is -2.02. The molecule has 1 N–H and O–H groups in total. The normalized spacial score (nSPS) is 27.3. The second-order valence-corrected chi connectivity index (χ2v) is 2.61. The van der Waals surface area contributed by atoms with Crippen LogP contribution in [0.2, 0.25) is 0 Å². The second-order valence-electron chi connectivity index (χ2n) is 2.61. The van der Waals surface area contributed by atoms with Crippen LogP contribution in [0.3, 0.4) is 0 Å². The minimum absolute atomic E-state index is 0.00823. The summed E-state index contributed by atoms with van der Waals surface area (Å²) in [4.78, 5) is 5.37. The molecule has 0 aromatic rings. The molecular formula is C5H9N7. The second kappa shape index (κ2) is 4.46. The first kappa shape index (κ1) is 8.67. The molecule has 7 heteroatoms. The average molecular weight is 167 g/mol. The largest absolute Gasteiger partial charge is 0.313 e. The van der Waals surface area contributed by atoms with E-state index in [0.717, 1.165) is 6.42 Å². The third-order valence-corrected chi connectivity index (χ3v) is 1.78. The molecule has 1 saturated heterocycles. The Bertz CT molecular complexity index is 236. The van der Waals surface area contributed by atoms with E-state index < -0.39 is 0 Å². The van der Waals surface area contributed by atoms with Gasteiger partial charge < -0.3 is 5.32 Å². The van der Waals surface area contributed by atoms with Crippen LogP contribution in [-0.2, 0) is 0 Å². The molecule has 0 bridgehead atoms. The van der Waals surface area contributed by atoms with Crippen molar-refractivity contribution in [1.29, 1.82) is 0 Å². The van der Waals surface area contributed by atoms with Crippen molar-refractivity contribution in [2.24, 2.45) is 10.2 Å². The molecule has 1 heterocycles. The molecule has 64 valence electrons. The molecule has 0 spiro atoms. The Labute approximate surface area is 69.0 Å². The van der Waals surface area contributed by atoms with Crippen molar-refractivity contribution in [2.45, 2.75) is 18.5 Å². The minimum Gasteiger partial charge on any atom is -0.313 e. The summed E-state index contributed by atoms with van der Waals surface area (Å²) in [5.74, 6) is 0. The molecule has 12 heavy (non-hydrogen) atoms. The molecule has 0 radical (unpaired) electrons. The molecule has 0 aromatic heterocycles. The van der Waals surface area contributed by atoms with Crippen molar-refractivity contribution in [3.05, 3.63) is 20.9 Å². The molecule has 1 aliphatic heterocycles. The highest BCUT2D eigenvalue weighted by Gasteiger charge is 2.21. The lowest BCUT2D eigenvalue weighted by molar-refractivity contribution is 0.608. The molecule has 0 saturated carbocycles. The van der Waals surface area contributed by atoms with E-state index in [9.17, 15) is 0 Å². The van der Waals surface area contributed by atoms with Gasteiger partial charge in [0.1, 0.15) is 0 Å². The van der Waals surface area contributed by atoms with Crippen LogP contribution in [0.1, 0.15) is 6.42 Å². The van der Waals surface area contributed by atoms with Crippen molar-refractivity contribution < 1.29 is 0 Å². The van der Waals surface area contributed by atoms with Gasteiger partial charge in [-0.3, -0.25) is 0 Å². The number of azide groups is 2. The first-order chi connectivity index (χ1) is 5.86. The monoisotopic (exact) mass is 167 g/mol. The molecule has 0 amide bonds. The maximum Gasteiger partial charge on any atom is 0.0513 e. The van der Waals surface area contributed by atoms with Crippen LogP contribution in [0.15, 0.2) is 10.2 Å². The number of rotatable bonds is 3. The van der Waals surface area contributed by atoms with Gasteiger partial charge in [0.05, 0.1) is 6.04 Å². The van der Waals surface area contributed by atoms with Crippen LogP contribution in [0.25, 0.3) is 20.9 Å². The van der Waals surface area contributed by atoms with Gasteiger partial charge in [-0.15, -0.1) is 0 Å². The Morgan fingerprint density at radius 3 is 2.92 bits per heavy atom. The quantitative estimate of drug-likeness (QED) is 0.381. The van der Waals surface area contributed by atoms with Gasteiger partial charge in [0.2, 0.25) is 0 Å². The van der Waals surface area contributed by atoms with Gasteiger partial charge in [0.15, 0.2) is 0 Å². The van der Waals surface area contributed by atoms with Crippen LogP contribution in [-0.4, -0.2) is 25.2 Å². The molecule has 1 rings (SSSR count). The number of hydrogen-bond donors (Lipinski definition) is 1. The zero-order valence-electron chi connectivity index (χ0n) is 6.46. The van der Waals surface area contributed by atoms with Crippen LogP contribution >= 0.6 is 0 Å². The lowest BCUT2D eigenvalue weighted by atomic mass is 10.2. The summed E-state index contributed by atoms with van der Waals surface area (Å²) in [5, 5.41) is 10.1. The lowest BCUT2D eigenvalue weighted by Crippen LogP contribution is -2.23. The van der Waals surface area contributed by atoms with E-state index in [1.807, 2.05) is 0 Å². The fourth-order valence-corrected chi connectivity index (χ4v) is 1.23. The topological polar surface area (TPSA) is 110 Å². The van der Waals surface area contributed by atoms with Crippen molar-refractivity contribution in [3.63, 3.8) is 0 Å². The maximum atomic E-state index is 8.14. The van der Waals surface area contributed by atoms with Gasteiger partial charge >= 0.3 is 0 Å². The molecule has 0 aromatic carbocycles. The summed E-state index contributed by atoms with van der Waals surface area (Å²) in [6.45, 7) is 1.10. The Balaban J connectivity index is 2.34. The molecule has 1 fully saturated rings. The Hall–Kier alpha value is -1.42. The van der Waals surface area contributed by atoms with E-state index in [-0.39, 0.29) is 12.1 Å². The smallest absolute Gasteiger partial charge is 0.0513 e. The van der Waals surface area contributed by atoms with E-state index in [1.165, 1.54) is 0 Å². The summed E-state index contributed by atoms with van der Waals surface area (Å²) in [7, 11) is 0. The highest BCUT2D eigenvalue weighted by atomic mass is 15.2. The van der Waals surface area contributed by atoms with Gasteiger partial charge in [-0.05, 0) is 17.5 Å². The minimum atomic E-state index is 0.00823. The number of nitrogens with one attached hydrogen (secondary N) is 1. The maximum absolute atomic E-state index is 8.14. The summed E-state index contributed by atoms with van der Waals surface area (Å²) >= 11 is 0. The summed E-state index contributed by atoms with van der Waals surface area (Å²) in [5.41, 5.74) is 16.2. The van der Waals surface area contributed by atoms with Crippen molar-refractivity contribution in [2.75, 3.05) is 13.1 Å². The number of hydrogen-bond acceptors (Lipinski definition) is 3. The Kier molecular flexibility index (Phi) is 3.22. The zero-order valence-corrected chi connectivity index (χ0v) is 6.46. The third kappa shape index (κ3) is 2.32. The van der Waals surface area contributed by atoms with Gasteiger partial charge in [0.25, 0.3) is 0 Å². The average Bonchev–Trinajstić information content (AvgIpc) is 2.50. The van der Waals surface area contributed by atoms with E-state index in [0.29, 0.717) is 13.1 Å². The molecule has 7 nitrogen and oxygen atoms in total. The van der Waals surface area contributed by atoms with Crippen molar-refractivity contribution in [3.8, 4) is 0 Å². The predicted octanol–water partition coefficient (Wildman–Crippen LogP) is 1.34. The fourth-order valence-electron chi connectivity index (χ4n) is 1.23. The van der Waals surface area contributed by atoms with E-state index >= 15 is 0 Å². The van der Waals surface area contributed by atoms with E-state index in [4.69, 9.17) is 11.1 Å². The summed E-state index contributed by atoms with van der Waals surface area (Å²) in [6.07, 6.45) is 0.753. The SMILES string of the molecule is [N-]=[N+]=NCC1CC(N=[N+]=[N-])CN1. The molecule has 0 aliphatic carbocycles.